The number of rotatable bonds is 3. The third-order valence-electron chi connectivity index (χ3n) is 4.11. The number of benzene rings is 1. The molecule has 0 radical (unpaired) electrons. The Morgan fingerprint density at radius 3 is 2.60 bits per heavy atom. The van der Waals surface area contributed by atoms with Gasteiger partial charge in [0.2, 0.25) is 10.0 Å². The fraction of sp³-hybridized carbons (Fsp3) is 0.533. The maximum Gasteiger partial charge on any atom is 0.237 e. The van der Waals surface area contributed by atoms with Crippen molar-refractivity contribution in [2.75, 3.05) is 6.26 Å². The predicted molar refractivity (Wildman–Crippen MR) is 80.3 cm³/mol. The Hall–Kier alpha value is -1.36. The van der Waals surface area contributed by atoms with Gasteiger partial charge in [0, 0.05) is 6.42 Å². The highest BCUT2D eigenvalue weighted by Crippen LogP contribution is 2.28. The summed E-state index contributed by atoms with van der Waals surface area (Å²) in [5.41, 5.74) is 1.46. The molecule has 108 valence electrons. The van der Waals surface area contributed by atoms with Gasteiger partial charge < -0.3 is 0 Å². The van der Waals surface area contributed by atoms with Gasteiger partial charge in [0.05, 0.1) is 17.3 Å². The van der Waals surface area contributed by atoms with Crippen molar-refractivity contribution in [1.29, 1.82) is 0 Å². The first-order chi connectivity index (χ1) is 9.55. The molecule has 5 heteroatoms. The van der Waals surface area contributed by atoms with Gasteiger partial charge in [-0.05, 0) is 18.1 Å². The molecule has 3 rings (SSSR count). The van der Waals surface area contributed by atoms with E-state index in [2.05, 4.69) is 4.98 Å². The van der Waals surface area contributed by atoms with Crippen LogP contribution < -0.4 is 0 Å². The molecule has 0 bridgehead atoms. The smallest absolute Gasteiger partial charge is 0.232 e. The summed E-state index contributed by atoms with van der Waals surface area (Å²) in [6, 6.07) is 7.46. The van der Waals surface area contributed by atoms with Gasteiger partial charge in [-0.25, -0.2) is 17.4 Å². The zero-order valence-corrected chi connectivity index (χ0v) is 12.6. The van der Waals surface area contributed by atoms with E-state index in [0.717, 1.165) is 11.9 Å². The van der Waals surface area contributed by atoms with Crippen molar-refractivity contribution in [1.82, 2.24) is 8.96 Å². The average molecular weight is 292 g/mol. The molecule has 1 aliphatic rings. The number of hydrogen-bond acceptors (Lipinski definition) is 3. The summed E-state index contributed by atoms with van der Waals surface area (Å²) in [5, 5.41) is 0. The van der Waals surface area contributed by atoms with Crippen LogP contribution in [0.25, 0.3) is 11.0 Å². The Balaban J connectivity index is 2.05. The van der Waals surface area contributed by atoms with Crippen molar-refractivity contribution < 1.29 is 8.42 Å². The Kier molecular flexibility index (Phi) is 3.54. The van der Waals surface area contributed by atoms with E-state index in [0.29, 0.717) is 17.3 Å². The molecular formula is C15H20N2O2S. The molecule has 1 aromatic heterocycles. The summed E-state index contributed by atoms with van der Waals surface area (Å²) in [7, 11) is -3.31. The van der Waals surface area contributed by atoms with Crippen LogP contribution in [0.2, 0.25) is 0 Å². The van der Waals surface area contributed by atoms with Crippen molar-refractivity contribution in [3.8, 4) is 0 Å². The predicted octanol–water partition coefficient (Wildman–Crippen LogP) is 2.97. The van der Waals surface area contributed by atoms with E-state index in [9.17, 15) is 8.42 Å². The van der Waals surface area contributed by atoms with Gasteiger partial charge in [-0.2, -0.15) is 0 Å². The summed E-state index contributed by atoms with van der Waals surface area (Å²) in [5.74, 6) is 1.27. The molecule has 4 nitrogen and oxygen atoms in total. The van der Waals surface area contributed by atoms with E-state index >= 15 is 0 Å². The van der Waals surface area contributed by atoms with Crippen LogP contribution in [0.3, 0.4) is 0 Å². The molecule has 0 N–H and O–H groups in total. The van der Waals surface area contributed by atoms with Crippen molar-refractivity contribution >= 4 is 21.1 Å². The van der Waals surface area contributed by atoms with Gasteiger partial charge in [-0.1, -0.05) is 44.2 Å². The molecule has 0 aliphatic heterocycles. The Bertz CT molecular complexity index is 713. The fourth-order valence-corrected chi connectivity index (χ4v) is 4.21. The van der Waals surface area contributed by atoms with E-state index in [1.54, 1.807) is 0 Å². The minimum absolute atomic E-state index is 0.570. The molecule has 0 saturated heterocycles. The van der Waals surface area contributed by atoms with Crippen LogP contribution in [0, 0.1) is 5.92 Å². The summed E-state index contributed by atoms with van der Waals surface area (Å²) < 4.78 is 25.6. The van der Waals surface area contributed by atoms with Gasteiger partial charge in [0.1, 0.15) is 5.82 Å². The molecule has 1 saturated carbocycles. The number of aromatic nitrogens is 2. The van der Waals surface area contributed by atoms with E-state index in [-0.39, 0.29) is 0 Å². The minimum Gasteiger partial charge on any atom is -0.232 e. The van der Waals surface area contributed by atoms with Gasteiger partial charge in [0.15, 0.2) is 0 Å². The molecule has 20 heavy (non-hydrogen) atoms. The molecule has 1 aromatic carbocycles. The molecule has 0 atom stereocenters. The van der Waals surface area contributed by atoms with E-state index in [1.807, 2.05) is 24.3 Å². The number of hydrogen-bond donors (Lipinski definition) is 0. The average Bonchev–Trinajstić information content (AvgIpc) is 2.77. The highest BCUT2D eigenvalue weighted by molar-refractivity contribution is 7.89. The number of fused-ring (bicyclic) bond motifs is 1. The lowest BCUT2D eigenvalue weighted by Crippen LogP contribution is -2.18. The second-order valence-electron chi connectivity index (χ2n) is 5.75. The Morgan fingerprint density at radius 2 is 1.90 bits per heavy atom. The zero-order valence-electron chi connectivity index (χ0n) is 11.7. The number of nitrogens with zero attached hydrogens (tertiary/aromatic N) is 2. The summed E-state index contributed by atoms with van der Waals surface area (Å²) in [6.07, 6.45) is 8.21. The second kappa shape index (κ2) is 5.20. The first kappa shape index (κ1) is 13.6. The standard InChI is InChI=1S/C15H20N2O2S/c1-20(18,19)17-14-10-6-5-9-13(14)16-15(17)11-12-7-3-2-4-8-12/h5-6,9-10,12H,2-4,7-8,11H2,1H3. The molecule has 0 spiro atoms. The van der Waals surface area contributed by atoms with E-state index in [1.165, 1.54) is 42.3 Å². The lowest BCUT2D eigenvalue weighted by atomic mass is 9.87. The molecule has 0 unspecified atom stereocenters. The lowest BCUT2D eigenvalue weighted by Gasteiger charge is -2.21. The molecule has 1 fully saturated rings. The summed E-state index contributed by atoms with van der Waals surface area (Å²) >= 11 is 0. The van der Waals surface area contributed by atoms with Crippen LogP contribution in [0.15, 0.2) is 24.3 Å². The van der Waals surface area contributed by atoms with Crippen LogP contribution in [-0.4, -0.2) is 23.6 Å². The maximum absolute atomic E-state index is 12.1. The largest absolute Gasteiger partial charge is 0.237 e. The maximum atomic E-state index is 12.1. The molecule has 1 heterocycles. The van der Waals surface area contributed by atoms with Gasteiger partial charge in [-0.3, -0.25) is 0 Å². The number of para-hydroxylation sites is 2. The van der Waals surface area contributed by atoms with Crippen LogP contribution in [0.1, 0.15) is 37.9 Å². The monoisotopic (exact) mass is 292 g/mol. The topological polar surface area (TPSA) is 52.0 Å². The molecule has 1 aliphatic carbocycles. The third kappa shape index (κ3) is 2.59. The van der Waals surface area contributed by atoms with Gasteiger partial charge in [0.25, 0.3) is 0 Å². The fourth-order valence-electron chi connectivity index (χ4n) is 3.20. The normalized spacial score (nSPS) is 17.6. The van der Waals surface area contributed by atoms with E-state index < -0.39 is 10.0 Å². The van der Waals surface area contributed by atoms with Crippen LogP contribution in [0.4, 0.5) is 0 Å². The van der Waals surface area contributed by atoms with Crippen LogP contribution in [0.5, 0.6) is 0 Å². The Labute approximate surface area is 119 Å². The zero-order chi connectivity index (χ0) is 14.2. The van der Waals surface area contributed by atoms with Crippen molar-refractivity contribution in [3.05, 3.63) is 30.1 Å². The molecule has 0 amide bonds. The molecular weight excluding hydrogens is 272 g/mol. The van der Waals surface area contributed by atoms with Crippen LogP contribution in [-0.2, 0) is 16.4 Å². The third-order valence-corrected chi connectivity index (χ3v) is 5.18. The van der Waals surface area contributed by atoms with Crippen LogP contribution >= 0.6 is 0 Å². The van der Waals surface area contributed by atoms with Crippen molar-refractivity contribution in [3.63, 3.8) is 0 Å². The summed E-state index contributed by atoms with van der Waals surface area (Å²) in [4.78, 5) is 4.56. The first-order valence-corrected chi connectivity index (χ1v) is 9.07. The molecule has 2 aromatic rings. The minimum atomic E-state index is -3.31. The highest BCUT2D eigenvalue weighted by Gasteiger charge is 2.22. The SMILES string of the molecule is CS(=O)(=O)n1c(CC2CCCCC2)nc2ccccc21. The second-order valence-corrected chi connectivity index (χ2v) is 7.58. The summed E-state index contributed by atoms with van der Waals surface area (Å²) in [6.45, 7) is 0. The van der Waals surface area contributed by atoms with E-state index in [4.69, 9.17) is 0 Å². The Morgan fingerprint density at radius 1 is 1.20 bits per heavy atom. The lowest BCUT2D eigenvalue weighted by molar-refractivity contribution is 0.351. The highest BCUT2D eigenvalue weighted by atomic mass is 32.2. The first-order valence-electron chi connectivity index (χ1n) is 7.22. The number of imidazole rings is 1. The van der Waals surface area contributed by atoms with Gasteiger partial charge in [-0.15, -0.1) is 0 Å². The quantitative estimate of drug-likeness (QED) is 0.874. The van der Waals surface area contributed by atoms with Crippen molar-refractivity contribution in [2.24, 2.45) is 5.92 Å². The van der Waals surface area contributed by atoms with Crippen molar-refractivity contribution in [2.45, 2.75) is 38.5 Å². The van der Waals surface area contributed by atoms with Gasteiger partial charge >= 0.3 is 0 Å².